The number of benzene rings is 2. The van der Waals surface area contributed by atoms with Gasteiger partial charge in [-0.2, -0.15) is 26.3 Å². The zero-order valence-corrected chi connectivity index (χ0v) is 19.1. The molecular formula is C24H14ClF6N5O. The van der Waals surface area contributed by atoms with Crippen molar-refractivity contribution in [3.05, 3.63) is 88.7 Å². The van der Waals surface area contributed by atoms with Crippen LogP contribution in [-0.2, 0) is 17.1 Å². The van der Waals surface area contributed by atoms with Crippen LogP contribution in [0.1, 0.15) is 16.7 Å². The van der Waals surface area contributed by atoms with Gasteiger partial charge in [-0.3, -0.25) is 4.79 Å². The molecule has 2 aromatic carbocycles. The molecule has 4 rings (SSSR count). The van der Waals surface area contributed by atoms with Gasteiger partial charge in [-0.1, -0.05) is 48.0 Å². The number of pyridine rings is 1. The van der Waals surface area contributed by atoms with Crippen molar-refractivity contribution >= 4 is 29.3 Å². The molecular weight excluding hydrogens is 524 g/mol. The molecule has 0 saturated carbocycles. The highest BCUT2D eigenvalue weighted by molar-refractivity contribution is 6.34. The lowest BCUT2D eigenvalue weighted by Gasteiger charge is -2.12. The summed E-state index contributed by atoms with van der Waals surface area (Å²) in [6.45, 7) is 0. The number of halogens is 7. The Morgan fingerprint density at radius 3 is 2.00 bits per heavy atom. The number of carbonyl (C=O) groups is 1. The van der Waals surface area contributed by atoms with E-state index in [0.717, 1.165) is 47.3 Å². The molecule has 0 fully saturated rings. The fourth-order valence-corrected chi connectivity index (χ4v) is 3.76. The maximum absolute atomic E-state index is 13.8. The molecule has 0 atom stereocenters. The quantitative estimate of drug-likeness (QED) is 0.187. The molecule has 0 aliphatic carbocycles. The first-order chi connectivity index (χ1) is 17.4. The lowest BCUT2D eigenvalue weighted by Crippen LogP contribution is -2.15. The van der Waals surface area contributed by atoms with Crippen molar-refractivity contribution in [2.24, 2.45) is 5.73 Å². The van der Waals surface area contributed by atoms with Crippen LogP contribution in [0.15, 0.2) is 66.9 Å². The minimum atomic E-state index is -4.83. The van der Waals surface area contributed by atoms with Crippen molar-refractivity contribution in [2.75, 3.05) is 0 Å². The average molecular weight is 538 g/mol. The predicted octanol–water partition coefficient (Wildman–Crippen LogP) is 6.18. The normalized spacial score (nSPS) is 12.6. The minimum Gasteiger partial charge on any atom is -0.366 e. The highest BCUT2D eigenvalue weighted by atomic mass is 35.5. The zero-order valence-electron chi connectivity index (χ0n) is 18.3. The van der Waals surface area contributed by atoms with E-state index < -0.39 is 52.2 Å². The maximum atomic E-state index is 13.8. The Balaban J connectivity index is 2.04. The molecule has 1 amide bonds. The van der Waals surface area contributed by atoms with Crippen molar-refractivity contribution in [2.45, 2.75) is 12.4 Å². The third kappa shape index (κ3) is 5.33. The van der Waals surface area contributed by atoms with Crippen LogP contribution in [0.5, 0.6) is 0 Å². The van der Waals surface area contributed by atoms with E-state index in [1.807, 2.05) is 0 Å². The largest absolute Gasteiger partial charge is 0.417 e. The van der Waals surface area contributed by atoms with Crippen LogP contribution in [0.2, 0.25) is 5.15 Å². The van der Waals surface area contributed by atoms with Gasteiger partial charge in [0.15, 0.2) is 11.6 Å². The summed E-state index contributed by atoms with van der Waals surface area (Å²) in [4.78, 5) is 20.1. The number of amides is 1. The van der Waals surface area contributed by atoms with Crippen LogP contribution in [0.3, 0.4) is 0 Å². The molecule has 190 valence electrons. The van der Waals surface area contributed by atoms with Crippen molar-refractivity contribution in [1.82, 2.24) is 19.7 Å². The number of hydrogen-bond acceptors (Lipinski definition) is 4. The molecule has 2 heterocycles. The molecule has 2 N–H and O–H groups in total. The molecule has 0 aliphatic heterocycles. The van der Waals surface area contributed by atoms with E-state index in [1.54, 1.807) is 0 Å². The van der Waals surface area contributed by atoms with Crippen molar-refractivity contribution < 1.29 is 31.1 Å². The maximum Gasteiger partial charge on any atom is 0.417 e. The molecule has 0 aliphatic rings. The third-order valence-corrected chi connectivity index (χ3v) is 5.45. The number of hydrogen-bond donors (Lipinski definition) is 1. The van der Waals surface area contributed by atoms with Crippen LogP contribution in [0.25, 0.3) is 34.5 Å². The van der Waals surface area contributed by atoms with Gasteiger partial charge in [0.05, 0.1) is 16.7 Å². The van der Waals surface area contributed by atoms with Gasteiger partial charge in [-0.15, -0.1) is 5.10 Å². The van der Waals surface area contributed by atoms with E-state index in [-0.39, 0.29) is 16.3 Å². The molecule has 37 heavy (non-hydrogen) atoms. The average Bonchev–Trinajstić information content (AvgIpc) is 3.25. The van der Waals surface area contributed by atoms with Crippen LogP contribution >= 0.6 is 11.6 Å². The number of aromatic nitrogens is 4. The Morgan fingerprint density at radius 2 is 1.43 bits per heavy atom. The summed E-state index contributed by atoms with van der Waals surface area (Å²) in [5.74, 6) is -2.06. The number of alkyl halides is 6. The first-order valence-corrected chi connectivity index (χ1v) is 10.7. The van der Waals surface area contributed by atoms with Gasteiger partial charge in [-0.25, -0.2) is 14.6 Å². The van der Waals surface area contributed by atoms with Crippen molar-refractivity contribution in [1.29, 1.82) is 0 Å². The minimum absolute atomic E-state index is 0.0273. The van der Waals surface area contributed by atoms with Gasteiger partial charge in [-0.05, 0) is 24.3 Å². The van der Waals surface area contributed by atoms with E-state index in [0.29, 0.717) is 0 Å². The highest BCUT2D eigenvalue weighted by Crippen LogP contribution is 2.39. The highest BCUT2D eigenvalue weighted by Gasteiger charge is 2.37. The van der Waals surface area contributed by atoms with Gasteiger partial charge < -0.3 is 5.73 Å². The number of primary amides is 1. The van der Waals surface area contributed by atoms with E-state index in [1.165, 1.54) is 30.5 Å². The fraction of sp³-hybridized carbons (Fsp3) is 0.0833. The molecule has 2 aromatic heterocycles. The summed E-state index contributed by atoms with van der Waals surface area (Å²) in [6, 6.07) is 11.4. The number of nitrogens with zero attached hydrogens (tertiary/aromatic N) is 4. The Hall–Kier alpha value is -4.19. The summed E-state index contributed by atoms with van der Waals surface area (Å²) < 4.78 is 83.2. The van der Waals surface area contributed by atoms with E-state index in [2.05, 4.69) is 15.1 Å². The summed E-state index contributed by atoms with van der Waals surface area (Å²) in [5.41, 5.74) is 2.01. The topological polar surface area (TPSA) is 86.7 Å². The van der Waals surface area contributed by atoms with E-state index >= 15 is 0 Å². The SMILES string of the molecule is NC(=O)/C(=C/n1nc(-c2ccccc2C(F)(F)F)nc1-c1ccccc1C(F)(F)F)c1cccnc1Cl. The van der Waals surface area contributed by atoms with Crippen LogP contribution < -0.4 is 5.73 Å². The molecule has 0 unspecified atom stereocenters. The molecule has 6 nitrogen and oxygen atoms in total. The van der Waals surface area contributed by atoms with Crippen LogP contribution in [0.4, 0.5) is 26.3 Å². The molecule has 0 saturated heterocycles. The predicted molar refractivity (Wildman–Crippen MR) is 124 cm³/mol. The summed E-state index contributed by atoms with van der Waals surface area (Å²) >= 11 is 6.06. The number of rotatable bonds is 5. The Morgan fingerprint density at radius 1 is 0.865 bits per heavy atom. The van der Waals surface area contributed by atoms with Crippen LogP contribution in [-0.4, -0.2) is 25.7 Å². The molecule has 4 aromatic rings. The zero-order chi connectivity index (χ0) is 27.0. The molecule has 0 spiro atoms. The summed E-state index contributed by atoms with van der Waals surface area (Å²) in [7, 11) is 0. The Kier molecular flexibility index (Phi) is 6.78. The van der Waals surface area contributed by atoms with Gasteiger partial charge in [0.2, 0.25) is 0 Å². The van der Waals surface area contributed by atoms with E-state index in [4.69, 9.17) is 17.3 Å². The van der Waals surface area contributed by atoms with Gasteiger partial charge in [0.25, 0.3) is 5.91 Å². The number of carbonyl (C=O) groups excluding carboxylic acids is 1. The lowest BCUT2D eigenvalue weighted by molar-refractivity contribution is -0.137. The standard InChI is InChI=1S/C24H14ClF6N5O/c25-19-13(8-5-11-33-19)16(20(32)37)12-36-22(15-7-2-4-10-18(15)24(29,30)31)34-21(35-36)14-6-1-3-9-17(14)23(26,27)28/h1-12H,(H2,32,37)/b16-12+. The van der Waals surface area contributed by atoms with Gasteiger partial charge >= 0.3 is 12.4 Å². The smallest absolute Gasteiger partial charge is 0.366 e. The lowest BCUT2D eigenvalue weighted by atomic mass is 10.1. The third-order valence-electron chi connectivity index (χ3n) is 5.14. The second-order valence-electron chi connectivity index (χ2n) is 7.54. The molecule has 13 heteroatoms. The fourth-order valence-electron chi connectivity index (χ4n) is 3.54. The van der Waals surface area contributed by atoms with Crippen LogP contribution in [0, 0.1) is 0 Å². The monoisotopic (exact) mass is 537 g/mol. The Labute approximate surface area is 210 Å². The van der Waals surface area contributed by atoms with Gasteiger partial charge in [0.1, 0.15) is 5.15 Å². The second-order valence-corrected chi connectivity index (χ2v) is 7.90. The number of nitrogens with two attached hydrogens (primary N) is 1. The van der Waals surface area contributed by atoms with Crippen molar-refractivity contribution in [3.8, 4) is 22.8 Å². The first kappa shape index (κ1) is 25.9. The summed E-state index contributed by atoms with van der Waals surface area (Å²) in [5, 5.41) is 3.88. The first-order valence-electron chi connectivity index (χ1n) is 10.3. The van der Waals surface area contributed by atoms with Gasteiger partial charge in [0, 0.05) is 29.1 Å². The summed E-state index contributed by atoms with van der Waals surface area (Å²) in [6.07, 6.45) is -7.36. The molecule has 0 radical (unpaired) electrons. The van der Waals surface area contributed by atoms with E-state index in [9.17, 15) is 31.1 Å². The Bertz CT molecular complexity index is 1510. The van der Waals surface area contributed by atoms with Crippen molar-refractivity contribution in [3.63, 3.8) is 0 Å². The molecule has 0 bridgehead atoms. The second kappa shape index (κ2) is 9.69.